The van der Waals surface area contributed by atoms with Gasteiger partial charge in [-0.25, -0.2) is 4.39 Å². The van der Waals surface area contributed by atoms with Gasteiger partial charge in [0, 0.05) is 0 Å². The van der Waals surface area contributed by atoms with Crippen molar-refractivity contribution < 1.29 is 4.39 Å². The quantitative estimate of drug-likeness (QED) is 0.391. The van der Waals surface area contributed by atoms with E-state index in [2.05, 4.69) is 31.2 Å². The number of hydrogen-bond donors (Lipinski definition) is 0. The first-order valence-electron chi connectivity index (χ1n) is 10.1. The standard InChI is InChI=1S/C23H35F/c1-2-3-4-7-20-9-13-22(14-10-20)17-18-23-15-11-21(12-16-23)8-5-6-19-24/h6,11-12,15-16,19-20,22H,2-5,7-10,13-14,17-18H2,1H3/t20-,22-. The van der Waals surface area contributed by atoms with Crippen molar-refractivity contribution in [3.8, 4) is 0 Å². The predicted molar refractivity (Wildman–Crippen MR) is 103 cm³/mol. The summed E-state index contributed by atoms with van der Waals surface area (Å²) in [6.45, 7) is 2.30. The molecule has 2 rings (SSSR count). The molecule has 1 aliphatic carbocycles. The second-order valence-corrected chi connectivity index (χ2v) is 7.64. The fourth-order valence-corrected chi connectivity index (χ4v) is 4.05. The number of benzene rings is 1. The Labute approximate surface area is 148 Å². The monoisotopic (exact) mass is 330 g/mol. The Balaban J connectivity index is 1.63. The molecule has 1 aliphatic rings. The van der Waals surface area contributed by atoms with Crippen molar-refractivity contribution >= 4 is 0 Å². The summed E-state index contributed by atoms with van der Waals surface area (Å²) < 4.78 is 12.0. The highest BCUT2D eigenvalue weighted by atomic mass is 19.1. The molecule has 1 saturated carbocycles. The van der Waals surface area contributed by atoms with Gasteiger partial charge in [0.25, 0.3) is 0 Å². The van der Waals surface area contributed by atoms with Crippen LogP contribution in [0.25, 0.3) is 0 Å². The Morgan fingerprint density at radius 2 is 1.46 bits per heavy atom. The minimum absolute atomic E-state index is 0.646. The molecular weight excluding hydrogens is 295 g/mol. The van der Waals surface area contributed by atoms with Gasteiger partial charge in [0.2, 0.25) is 0 Å². The lowest BCUT2D eigenvalue weighted by Gasteiger charge is -2.28. The molecule has 134 valence electrons. The second kappa shape index (κ2) is 11.4. The number of unbranched alkanes of at least 4 members (excludes halogenated alkanes) is 2. The minimum Gasteiger partial charge on any atom is -0.216 e. The van der Waals surface area contributed by atoms with Gasteiger partial charge in [0.15, 0.2) is 0 Å². The zero-order chi connectivity index (χ0) is 17.0. The first-order chi connectivity index (χ1) is 11.8. The van der Waals surface area contributed by atoms with Crippen LogP contribution in [0.2, 0.25) is 0 Å². The Morgan fingerprint density at radius 1 is 0.875 bits per heavy atom. The van der Waals surface area contributed by atoms with Crippen LogP contribution in [0.15, 0.2) is 36.7 Å². The van der Waals surface area contributed by atoms with Crippen LogP contribution in [0.4, 0.5) is 4.39 Å². The van der Waals surface area contributed by atoms with E-state index in [1.165, 1.54) is 75.3 Å². The van der Waals surface area contributed by atoms with Gasteiger partial charge in [-0.3, -0.25) is 0 Å². The molecule has 0 bridgehead atoms. The molecule has 0 N–H and O–H groups in total. The number of hydrogen-bond acceptors (Lipinski definition) is 0. The van der Waals surface area contributed by atoms with Gasteiger partial charge in [-0.1, -0.05) is 88.6 Å². The van der Waals surface area contributed by atoms with Crippen LogP contribution in [-0.2, 0) is 12.8 Å². The van der Waals surface area contributed by atoms with Crippen LogP contribution in [0.5, 0.6) is 0 Å². The van der Waals surface area contributed by atoms with Gasteiger partial charge in [0.1, 0.15) is 0 Å². The molecule has 0 heterocycles. The summed E-state index contributed by atoms with van der Waals surface area (Å²) in [5.41, 5.74) is 2.77. The molecule has 1 fully saturated rings. The van der Waals surface area contributed by atoms with Gasteiger partial charge in [-0.15, -0.1) is 0 Å². The van der Waals surface area contributed by atoms with Crippen LogP contribution in [0.3, 0.4) is 0 Å². The highest BCUT2D eigenvalue weighted by Gasteiger charge is 2.20. The van der Waals surface area contributed by atoms with Crippen molar-refractivity contribution in [2.75, 3.05) is 0 Å². The first kappa shape index (κ1) is 19.2. The molecule has 1 aromatic carbocycles. The van der Waals surface area contributed by atoms with Crippen molar-refractivity contribution in [2.45, 2.75) is 84.0 Å². The summed E-state index contributed by atoms with van der Waals surface area (Å²) in [7, 11) is 0. The van der Waals surface area contributed by atoms with E-state index in [9.17, 15) is 4.39 Å². The SMILES string of the molecule is CCCCC[C@H]1CC[C@H](CCc2ccc(CCC=CF)cc2)CC1. The molecule has 1 heteroatoms. The fourth-order valence-electron chi connectivity index (χ4n) is 4.05. The van der Waals surface area contributed by atoms with Crippen molar-refractivity contribution in [2.24, 2.45) is 11.8 Å². The van der Waals surface area contributed by atoms with Crippen molar-refractivity contribution in [3.05, 3.63) is 47.8 Å². The van der Waals surface area contributed by atoms with Gasteiger partial charge in [-0.05, 0) is 48.6 Å². The molecule has 0 saturated heterocycles. The van der Waals surface area contributed by atoms with E-state index < -0.39 is 0 Å². The third-order valence-corrected chi connectivity index (χ3v) is 5.74. The summed E-state index contributed by atoms with van der Waals surface area (Å²) in [5.74, 6) is 1.97. The van der Waals surface area contributed by atoms with E-state index >= 15 is 0 Å². The lowest BCUT2D eigenvalue weighted by Crippen LogP contribution is -2.15. The Bertz CT molecular complexity index is 451. The van der Waals surface area contributed by atoms with E-state index in [1.807, 2.05) is 0 Å². The van der Waals surface area contributed by atoms with E-state index in [0.29, 0.717) is 6.33 Å². The summed E-state index contributed by atoms with van der Waals surface area (Å²) in [4.78, 5) is 0. The zero-order valence-electron chi connectivity index (χ0n) is 15.5. The molecule has 1 aromatic rings. The zero-order valence-corrected chi connectivity index (χ0v) is 15.5. The number of halogens is 1. The van der Waals surface area contributed by atoms with E-state index in [0.717, 1.165) is 24.7 Å². The lowest BCUT2D eigenvalue weighted by atomic mass is 9.78. The Kier molecular flexibility index (Phi) is 9.16. The molecule has 0 nitrogen and oxygen atoms in total. The fraction of sp³-hybridized carbons (Fsp3) is 0.652. The van der Waals surface area contributed by atoms with Crippen LogP contribution in [-0.4, -0.2) is 0 Å². The Hall–Kier alpha value is -1.11. The van der Waals surface area contributed by atoms with Crippen LogP contribution < -0.4 is 0 Å². The van der Waals surface area contributed by atoms with Gasteiger partial charge in [0.05, 0.1) is 6.33 Å². The van der Waals surface area contributed by atoms with Crippen LogP contribution in [0, 0.1) is 11.8 Å². The third kappa shape index (κ3) is 7.20. The molecular formula is C23H35F. The van der Waals surface area contributed by atoms with Gasteiger partial charge >= 0.3 is 0 Å². The minimum atomic E-state index is 0.646. The number of allylic oxidation sites excluding steroid dienone is 1. The van der Waals surface area contributed by atoms with Crippen LogP contribution >= 0.6 is 0 Å². The van der Waals surface area contributed by atoms with Gasteiger partial charge < -0.3 is 0 Å². The molecule has 0 amide bonds. The van der Waals surface area contributed by atoms with E-state index in [4.69, 9.17) is 0 Å². The second-order valence-electron chi connectivity index (χ2n) is 7.64. The molecule has 0 atom stereocenters. The maximum Gasteiger partial charge on any atom is 0.0827 e. The molecule has 0 spiro atoms. The van der Waals surface area contributed by atoms with E-state index in [-0.39, 0.29) is 0 Å². The molecule has 0 unspecified atom stereocenters. The smallest absolute Gasteiger partial charge is 0.0827 e. The molecule has 24 heavy (non-hydrogen) atoms. The van der Waals surface area contributed by atoms with Crippen LogP contribution in [0.1, 0.15) is 82.3 Å². The first-order valence-corrected chi connectivity index (χ1v) is 10.1. The van der Waals surface area contributed by atoms with Crippen molar-refractivity contribution in [1.82, 2.24) is 0 Å². The van der Waals surface area contributed by atoms with Crippen molar-refractivity contribution in [3.63, 3.8) is 0 Å². The largest absolute Gasteiger partial charge is 0.216 e. The van der Waals surface area contributed by atoms with Crippen molar-refractivity contribution in [1.29, 1.82) is 0 Å². The average Bonchev–Trinajstić information content (AvgIpc) is 2.63. The summed E-state index contributed by atoms with van der Waals surface area (Å²) in [6, 6.07) is 8.97. The normalized spacial score (nSPS) is 21.4. The van der Waals surface area contributed by atoms with E-state index in [1.54, 1.807) is 6.08 Å². The number of aryl methyl sites for hydroxylation is 2. The highest BCUT2D eigenvalue weighted by Crippen LogP contribution is 2.34. The lowest BCUT2D eigenvalue weighted by molar-refractivity contribution is 0.249. The Morgan fingerprint density at radius 3 is 2.04 bits per heavy atom. The summed E-state index contributed by atoms with van der Waals surface area (Å²) in [6.07, 6.45) is 18.0. The molecule has 0 radical (unpaired) electrons. The summed E-state index contributed by atoms with van der Waals surface area (Å²) in [5, 5.41) is 0. The maximum atomic E-state index is 12.0. The third-order valence-electron chi connectivity index (χ3n) is 5.74. The molecule has 0 aliphatic heterocycles. The highest BCUT2D eigenvalue weighted by molar-refractivity contribution is 5.23. The maximum absolute atomic E-state index is 12.0. The summed E-state index contributed by atoms with van der Waals surface area (Å²) >= 11 is 0. The molecule has 0 aromatic heterocycles. The van der Waals surface area contributed by atoms with Gasteiger partial charge in [-0.2, -0.15) is 0 Å². The average molecular weight is 331 g/mol. The number of rotatable bonds is 10. The topological polar surface area (TPSA) is 0 Å². The predicted octanol–water partition coefficient (Wildman–Crippen LogP) is 7.42.